The van der Waals surface area contributed by atoms with Crippen LogP contribution in [0.4, 0.5) is 10.9 Å². The molecule has 1 saturated heterocycles. The fourth-order valence-electron chi connectivity index (χ4n) is 3.34. The van der Waals surface area contributed by atoms with Crippen molar-refractivity contribution in [3.8, 4) is 0 Å². The molecular weight excluding hydrogens is 370 g/mol. The lowest BCUT2D eigenvalue weighted by atomic mass is 10.1. The molecule has 0 aliphatic carbocycles. The van der Waals surface area contributed by atoms with Crippen molar-refractivity contribution < 1.29 is 4.79 Å². The van der Waals surface area contributed by atoms with Gasteiger partial charge in [0.15, 0.2) is 10.9 Å². The van der Waals surface area contributed by atoms with Crippen LogP contribution in [0.1, 0.15) is 35.0 Å². The van der Waals surface area contributed by atoms with Gasteiger partial charge in [-0.1, -0.05) is 30.3 Å². The first-order valence-corrected chi connectivity index (χ1v) is 10.1. The van der Waals surface area contributed by atoms with Crippen molar-refractivity contribution in [2.75, 3.05) is 11.9 Å². The maximum atomic E-state index is 12.8. The van der Waals surface area contributed by atoms with Crippen LogP contribution in [-0.4, -0.2) is 32.3 Å². The van der Waals surface area contributed by atoms with Crippen LogP contribution in [0.25, 0.3) is 6.08 Å². The highest BCUT2D eigenvalue weighted by atomic mass is 32.1. The molecule has 1 aliphatic rings. The molecule has 1 aromatic carbocycles. The average Bonchev–Trinajstić information content (AvgIpc) is 3.36. The van der Waals surface area contributed by atoms with Gasteiger partial charge in [0, 0.05) is 36.1 Å². The Kier molecular flexibility index (Phi) is 5.43. The van der Waals surface area contributed by atoms with Crippen LogP contribution in [0, 0.1) is 6.92 Å². The fraction of sp³-hybridized carbons (Fsp3) is 0.238. The molecule has 142 valence electrons. The maximum absolute atomic E-state index is 12.8. The Morgan fingerprint density at radius 3 is 2.82 bits per heavy atom. The van der Waals surface area contributed by atoms with E-state index in [1.807, 2.05) is 54.4 Å². The minimum Gasteiger partial charge on any atom is -0.330 e. The van der Waals surface area contributed by atoms with E-state index in [2.05, 4.69) is 20.3 Å². The zero-order chi connectivity index (χ0) is 19.3. The van der Waals surface area contributed by atoms with Gasteiger partial charge in [0.2, 0.25) is 5.91 Å². The molecule has 1 amide bonds. The van der Waals surface area contributed by atoms with Gasteiger partial charge in [0.05, 0.1) is 6.04 Å². The lowest BCUT2D eigenvalue weighted by molar-refractivity contribution is -0.126. The molecule has 3 heterocycles. The van der Waals surface area contributed by atoms with Gasteiger partial charge in [-0.2, -0.15) is 0 Å². The third-order valence-electron chi connectivity index (χ3n) is 4.64. The highest BCUT2D eigenvalue weighted by Crippen LogP contribution is 2.35. The molecule has 4 rings (SSSR count). The first-order valence-electron chi connectivity index (χ1n) is 9.25. The van der Waals surface area contributed by atoms with Crippen molar-refractivity contribution in [2.24, 2.45) is 0 Å². The predicted octanol–water partition coefficient (Wildman–Crippen LogP) is 4.36. The summed E-state index contributed by atoms with van der Waals surface area (Å²) in [5.41, 5.74) is 1.79. The van der Waals surface area contributed by atoms with Crippen molar-refractivity contribution in [1.29, 1.82) is 0 Å². The van der Waals surface area contributed by atoms with Crippen LogP contribution < -0.4 is 5.32 Å². The van der Waals surface area contributed by atoms with E-state index in [4.69, 9.17) is 0 Å². The summed E-state index contributed by atoms with van der Waals surface area (Å²) in [6.45, 7) is 2.73. The Morgan fingerprint density at radius 1 is 1.21 bits per heavy atom. The number of thiazole rings is 1. The van der Waals surface area contributed by atoms with E-state index in [9.17, 15) is 4.79 Å². The summed E-state index contributed by atoms with van der Waals surface area (Å²) in [6.07, 6.45) is 10.5. The van der Waals surface area contributed by atoms with Gasteiger partial charge in [0.1, 0.15) is 5.69 Å². The Hall–Kier alpha value is -3.06. The molecule has 1 atom stereocenters. The Labute approximate surface area is 168 Å². The number of rotatable bonds is 5. The average molecular weight is 392 g/mol. The number of hydrogen-bond acceptors (Lipinski definition) is 6. The van der Waals surface area contributed by atoms with E-state index in [1.165, 1.54) is 0 Å². The highest BCUT2D eigenvalue weighted by molar-refractivity contribution is 7.15. The topological polar surface area (TPSA) is 71.0 Å². The number of carbonyl (C=O) groups excluding carboxylic acids is 1. The molecule has 1 fully saturated rings. The summed E-state index contributed by atoms with van der Waals surface area (Å²) in [5.74, 6) is 0.654. The van der Waals surface area contributed by atoms with Crippen LogP contribution in [0.15, 0.2) is 55.0 Å². The van der Waals surface area contributed by atoms with Crippen LogP contribution >= 0.6 is 11.3 Å². The summed E-state index contributed by atoms with van der Waals surface area (Å²) in [7, 11) is 0. The standard InChI is InChI=1S/C21H21N5OS/c1-15-14-24-21(28-15)25-20-19(22-11-12-23-20)17-8-5-13-26(17)18(27)10-9-16-6-3-2-4-7-16/h2-4,6-7,9-12,14,17H,5,8,13H2,1H3,(H,23,24,25)/b10-9+. The van der Waals surface area contributed by atoms with E-state index in [0.717, 1.165) is 40.7 Å². The Bertz CT molecular complexity index is 985. The fourth-order valence-corrected chi connectivity index (χ4v) is 4.01. The molecule has 0 radical (unpaired) electrons. The molecule has 0 saturated carbocycles. The number of anilines is 2. The molecule has 1 unspecified atom stereocenters. The predicted molar refractivity (Wildman–Crippen MR) is 111 cm³/mol. The molecule has 3 aromatic rings. The zero-order valence-electron chi connectivity index (χ0n) is 15.6. The third-order valence-corrected chi connectivity index (χ3v) is 5.47. The van der Waals surface area contributed by atoms with Crippen LogP contribution in [0.3, 0.4) is 0 Å². The molecule has 0 bridgehead atoms. The van der Waals surface area contributed by atoms with Crippen LogP contribution in [0.5, 0.6) is 0 Å². The summed E-state index contributed by atoms with van der Waals surface area (Å²) in [5, 5.41) is 4.04. The lowest BCUT2D eigenvalue weighted by Crippen LogP contribution is -2.30. The highest BCUT2D eigenvalue weighted by Gasteiger charge is 2.32. The summed E-state index contributed by atoms with van der Waals surface area (Å²) >= 11 is 1.56. The van der Waals surface area contributed by atoms with E-state index in [1.54, 1.807) is 29.8 Å². The molecular formula is C21H21N5OS. The maximum Gasteiger partial charge on any atom is 0.247 e. The molecule has 7 heteroatoms. The monoisotopic (exact) mass is 391 g/mol. The smallest absolute Gasteiger partial charge is 0.247 e. The quantitative estimate of drug-likeness (QED) is 0.654. The lowest BCUT2D eigenvalue weighted by Gasteiger charge is -2.24. The number of carbonyl (C=O) groups is 1. The first kappa shape index (κ1) is 18.3. The second-order valence-electron chi connectivity index (χ2n) is 6.62. The number of nitrogens with one attached hydrogen (secondary N) is 1. The van der Waals surface area contributed by atoms with Gasteiger partial charge in [-0.05, 0) is 31.4 Å². The third kappa shape index (κ3) is 4.09. The van der Waals surface area contributed by atoms with Gasteiger partial charge in [-0.3, -0.25) is 9.78 Å². The summed E-state index contributed by atoms with van der Waals surface area (Å²) < 4.78 is 0. The summed E-state index contributed by atoms with van der Waals surface area (Å²) in [4.78, 5) is 29.2. The van der Waals surface area contributed by atoms with Crippen LogP contribution in [-0.2, 0) is 4.79 Å². The molecule has 28 heavy (non-hydrogen) atoms. The van der Waals surface area contributed by atoms with Gasteiger partial charge in [-0.25, -0.2) is 9.97 Å². The second-order valence-corrected chi connectivity index (χ2v) is 7.86. The number of nitrogens with zero attached hydrogens (tertiary/aromatic N) is 4. The van der Waals surface area contributed by atoms with E-state index in [0.29, 0.717) is 5.82 Å². The van der Waals surface area contributed by atoms with E-state index < -0.39 is 0 Å². The zero-order valence-corrected chi connectivity index (χ0v) is 16.4. The number of hydrogen-bond donors (Lipinski definition) is 1. The number of amides is 1. The second kappa shape index (κ2) is 8.31. The largest absolute Gasteiger partial charge is 0.330 e. The van der Waals surface area contributed by atoms with Crippen LogP contribution in [0.2, 0.25) is 0 Å². The minimum absolute atomic E-state index is 0.00644. The van der Waals surface area contributed by atoms with Crippen molar-refractivity contribution in [3.05, 3.63) is 71.1 Å². The van der Waals surface area contributed by atoms with Crippen molar-refractivity contribution in [1.82, 2.24) is 19.9 Å². The number of likely N-dealkylation sites (tertiary alicyclic amines) is 1. The van der Waals surface area contributed by atoms with E-state index >= 15 is 0 Å². The van der Waals surface area contributed by atoms with E-state index in [-0.39, 0.29) is 11.9 Å². The summed E-state index contributed by atoms with van der Waals surface area (Å²) in [6, 6.07) is 9.74. The van der Waals surface area contributed by atoms with Gasteiger partial charge >= 0.3 is 0 Å². The molecule has 1 aliphatic heterocycles. The van der Waals surface area contributed by atoms with Gasteiger partial charge in [-0.15, -0.1) is 11.3 Å². The number of aryl methyl sites for hydroxylation is 1. The Balaban J connectivity index is 1.55. The van der Waals surface area contributed by atoms with Gasteiger partial charge in [0.25, 0.3) is 0 Å². The molecule has 2 aromatic heterocycles. The SMILES string of the molecule is Cc1cnc(Nc2nccnc2C2CCCN2C(=O)/C=C/c2ccccc2)s1. The number of aromatic nitrogens is 3. The van der Waals surface area contributed by atoms with Gasteiger partial charge < -0.3 is 10.2 Å². The first-order chi connectivity index (χ1) is 13.7. The molecule has 1 N–H and O–H groups in total. The minimum atomic E-state index is -0.0924. The molecule has 6 nitrogen and oxygen atoms in total. The number of benzene rings is 1. The Morgan fingerprint density at radius 2 is 2.04 bits per heavy atom. The van der Waals surface area contributed by atoms with Crippen molar-refractivity contribution >= 4 is 34.3 Å². The van der Waals surface area contributed by atoms with Crippen molar-refractivity contribution in [3.63, 3.8) is 0 Å². The van der Waals surface area contributed by atoms with Crippen molar-refractivity contribution in [2.45, 2.75) is 25.8 Å². The molecule has 0 spiro atoms. The normalized spacial score (nSPS) is 16.6.